The van der Waals surface area contributed by atoms with E-state index >= 15 is 0 Å². The monoisotopic (exact) mass is 241 g/mol. The second-order valence-electron chi connectivity index (χ2n) is 5.59. The Kier molecular flexibility index (Phi) is 5.75. The Morgan fingerprint density at radius 3 is 2.76 bits per heavy atom. The summed E-state index contributed by atoms with van der Waals surface area (Å²) in [6.45, 7) is 6.00. The second kappa shape index (κ2) is 7.34. The lowest BCUT2D eigenvalue weighted by Gasteiger charge is -2.18. The van der Waals surface area contributed by atoms with Gasteiger partial charge in [-0.25, -0.2) is 0 Å². The van der Waals surface area contributed by atoms with Gasteiger partial charge in [0, 0.05) is 26.3 Å². The fraction of sp³-hybridized carbons (Fsp3) is 1.00. The maximum atomic E-state index is 5.89. The van der Waals surface area contributed by atoms with Gasteiger partial charge in [-0.3, -0.25) is 0 Å². The van der Waals surface area contributed by atoms with Gasteiger partial charge in [-0.05, 0) is 38.5 Å². The standard InChI is InChI=1S/C14H27NO2/c1-12(17-11-13-5-2-3-6-13)9-15-10-14-7-4-8-16-14/h12-15H,2-11H2,1H3. The molecule has 1 saturated heterocycles. The first-order valence-electron chi connectivity index (χ1n) is 7.28. The molecule has 0 spiro atoms. The topological polar surface area (TPSA) is 30.5 Å². The van der Waals surface area contributed by atoms with Crippen molar-refractivity contribution in [2.24, 2.45) is 5.92 Å². The maximum absolute atomic E-state index is 5.89. The van der Waals surface area contributed by atoms with Crippen LogP contribution >= 0.6 is 0 Å². The van der Waals surface area contributed by atoms with Crippen molar-refractivity contribution in [1.29, 1.82) is 0 Å². The highest BCUT2D eigenvalue weighted by molar-refractivity contribution is 4.70. The van der Waals surface area contributed by atoms with Crippen molar-refractivity contribution in [1.82, 2.24) is 5.32 Å². The number of hydrogen-bond acceptors (Lipinski definition) is 3. The van der Waals surface area contributed by atoms with Crippen molar-refractivity contribution in [3.8, 4) is 0 Å². The van der Waals surface area contributed by atoms with Crippen molar-refractivity contribution in [3.63, 3.8) is 0 Å². The molecule has 17 heavy (non-hydrogen) atoms. The first kappa shape index (κ1) is 13.3. The molecule has 1 heterocycles. The van der Waals surface area contributed by atoms with Gasteiger partial charge in [-0.2, -0.15) is 0 Å². The lowest BCUT2D eigenvalue weighted by atomic mass is 10.1. The fourth-order valence-corrected chi connectivity index (χ4v) is 2.79. The van der Waals surface area contributed by atoms with Crippen LogP contribution in [0.3, 0.4) is 0 Å². The predicted octanol–water partition coefficient (Wildman–Crippen LogP) is 2.35. The van der Waals surface area contributed by atoms with E-state index in [0.29, 0.717) is 12.2 Å². The summed E-state index contributed by atoms with van der Waals surface area (Å²) >= 11 is 0. The summed E-state index contributed by atoms with van der Waals surface area (Å²) in [5.74, 6) is 0.829. The van der Waals surface area contributed by atoms with Gasteiger partial charge in [0.1, 0.15) is 0 Å². The molecule has 0 aromatic carbocycles. The molecule has 0 aromatic rings. The Labute approximate surface area is 105 Å². The van der Waals surface area contributed by atoms with E-state index < -0.39 is 0 Å². The molecule has 3 nitrogen and oxygen atoms in total. The molecule has 1 saturated carbocycles. The van der Waals surface area contributed by atoms with Crippen LogP contribution < -0.4 is 5.32 Å². The zero-order valence-corrected chi connectivity index (χ0v) is 11.1. The molecule has 0 amide bonds. The van der Waals surface area contributed by atoms with E-state index in [0.717, 1.165) is 32.2 Å². The highest BCUT2D eigenvalue weighted by Crippen LogP contribution is 2.24. The Bertz CT molecular complexity index is 198. The van der Waals surface area contributed by atoms with Crippen LogP contribution in [0.2, 0.25) is 0 Å². The number of hydrogen-bond donors (Lipinski definition) is 1. The molecule has 2 atom stereocenters. The SMILES string of the molecule is CC(CNCC1CCCO1)OCC1CCCC1. The second-order valence-corrected chi connectivity index (χ2v) is 5.59. The van der Waals surface area contributed by atoms with Crippen LogP contribution in [0.25, 0.3) is 0 Å². The van der Waals surface area contributed by atoms with Gasteiger partial charge in [0.05, 0.1) is 12.2 Å². The van der Waals surface area contributed by atoms with E-state index in [-0.39, 0.29) is 0 Å². The summed E-state index contributed by atoms with van der Waals surface area (Å²) in [6, 6.07) is 0. The summed E-state index contributed by atoms with van der Waals surface area (Å²) < 4.78 is 11.5. The molecular formula is C14H27NO2. The average Bonchev–Trinajstić information content (AvgIpc) is 2.99. The van der Waals surface area contributed by atoms with Crippen molar-refractivity contribution in [2.45, 2.75) is 57.7 Å². The van der Waals surface area contributed by atoms with E-state index in [1.807, 2.05) is 0 Å². The van der Waals surface area contributed by atoms with Crippen LogP contribution in [0.15, 0.2) is 0 Å². The third-order valence-corrected chi connectivity index (χ3v) is 3.92. The van der Waals surface area contributed by atoms with Crippen LogP contribution in [0.5, 0.6) is 0 Å². The van der Waals surface area contributed by atoms with Crippen LogP contribution in [-0.4, -0.2) is 38.5 Å². The van der Waals surface area contributed by atoms with Gasteiger partial charge in [0.25, 0.3) is 0 Å². The summed E-state index contributed by atoms with van der Waals surface area (Å²) in [5, 5.41) is 3.45. The molecule has 2 rings (SSSR count). The quantitative estimate of drug-likeness (QED) is 0.742. The average molecular weight is 241 g/mol. The zero-order valence-electron chi connectivity index (χ0n) is 11.1. The van der Waals surface area contributed by atoms with Crippen molar-refractivity contribution >= 4 is 0 Å². The normalized spacial score (nSPS) is 27.7. The van der Waals surface area contributed by atoms with E-state index in [4.69, 9.17) is 9.47 Å². The Hall–Kier alpha value is -0.120. The molecule has 0 bridgehead atoms. The van der Waals surface area contributed by atoms with Crippen LogP contribution in [0.4, 0.5) is 0 Å². The smallest absolute Gasteiger partial charge is 0.0700 e. The Morgan fingerprint density at radius 2 is 2.06 bits per heavy atom. The molecule has 0 radical (unpaired) electrons. The van der Waals surface area contributed by atoms with Gasteiger partial charge in [-0.15, -0.1) is 0 Å². The third kappa shape index (κ3) is 4.94. The Balaban J connectivity index is 1.46. The van der Waals surface area contributed by atoms with Crippen LogP contribution in [-0.2, 0) is 9.47 Å². The minimum Gasteiger partial charge on any atom is -0.377 e. The van der Waals surface area contributed by atoms with Crippen LogP contribution in [0.1, 0.15) is 45.4 Å². The van der Waals surface area contributed by atoms with E-state index in [1.165, 1.54) is 38.5 Å². The fourth-order valence-electron chi connectivity index (χ4n) is 2.79. The third-order valence-electron chi connectivity index (χ3n) is 3.92. The molecule has 2 unspecified atom stereocenters. The number of nitrogens with one attached hydrogen (secondary N) is 1. The highest BCUT2D eigenvalue weighted by atomic mass is 16.5. The number of rotatable bonds is 7. The molecule has 2 fully saturated rings. The van der Waals surface area contributed by atoms with Gasteiger partial charge >= 0.3 is 0 Å². The molecule has 3 heteroatoms. The predicted molar refractivity (Wildman–Crippen MR) is 69.2 cm³/mol. The minimum absolute atomic E-state index is 0.331. The van der Waals surface area contributed by atoms with Gasteiger partial charge in [0.15, 0.2) is 0 Å². The maximum Gasteiger partial charge on any atom is 0.0700 e. The van der Waals surface area contributed by atoms with E-state index in [1.54, 1.807) is 0 Å². The first-order chi connectivity index (χ1) is 8.34. The molecule has 1 N–H and O–H groups in total. The van der Waals surface area contributed by atoms with Crippen molar-refractivity contribution in [2.75, 3.05) is 26.3 Å². The first-order valence-corrected chi connectivity index (χ1v) is 7.28. The molecule has 2 aliphatic rings. The highest BCUT2D eigenvalue weighted by Gasteiger charge is 2.17. The lowest BCUT2D eigenvalue weighted by molar-refractivity contribution is 0.0383. The summed E-state index contributed by atoms with van der Waals surface area (Å²) in [6.07, 6.45) is 8.75. The molecular weight excluding hydrogens is 214 g/mol. The Morgan fingerprint density at radius 1 is 1.24 bits per heavy atom. The molecule has 1 aliphatic carbocycles. The molecule has 0 aromatic heterocycles. The largest absolute Gasteiger partial charge is 0.377 e. The summed E-state index contributed by atoms with van der Waals surface area (Å²) in [5.41, 5.74) is 0. The zero-order chi connectivity index (χ0) is 11.9. The number of ether oxygens (including phenoxy) is 2. The van der Waals surface area contributed by atoms with Gasteiger partial charge in [-0.1, -0.05) is 12.8 Å². The van der Waals surface area contributed by atoms with Gasteiger partial charge in [0.2, 0.25) is 0 Å². The van der Waals surface area contributed by atoms with Crippen molar-refractivity contribution < 1.29 is 9.47 Å². The van der Waals surface area contributed by atoms with E-state index in [9.17, 15) is 0 Å². The van der Waals surface area contributed by atoms with E-state index in [2.05, 4.69) is 12.2 Å². The van der Waals surface area contributed by atoms with Crippen LogP contribution in [0, 0.1) is 5.92 Å². The molecule has 100 valence electrons. The lowest BCUT2D eigenvalue weighted by Crippen LogP contribution is -2.33. The van der Waals surface area contributed by atoms with Crippen molar-refractivity contribution in [3.05, 3.63) is 0 Å². The summed E-state index contributed by atoms with van der Waals surface area (Å²) in [7, 11) is 0. The molecule has 1 aliphatic heterocycles. The van der Waals surface area contributed by atoms with Gasteiger partial charge < -0.3 is 14.8 Å². The summed E-state index contributed by atoms with van der Waals surface area (Å²) in [4.78, 5) is 0. The minimum atomic E-state index is 0.331.